The highest BCUT2D eigenvalue weighted by molar-refractivity contribution is 9.09. The van der Waals surface area contributed by atoms with Gasteiger partial charge in [-0.05, 0) is 0 Å². The van der Waals surface area contributed by atoms with Crippen molar-refractivity contribution in [3.8, 4) is 0 Å². The average Bonchev–Trinajstić information content (AvgIpc) is 2.84. The first-order chi connectivity index (χ1) is 8.08. The second kappa shape index (κ2) is 4.87. The molecule has 1 amide bonds. The van der Waals surface area contributed by atoms with Gasteiger partial charge in [-0.25, -0.2) is 9.78 Å². The summed E-state index contributed by atoms with van der Waals surface area (Å²) in [4.78, 5) is 31.0. The number of carbonyl (C=O) groups excluding carboxylic acids is 1. The van der Waals surface area contributed by atoms with Gasteiger partial charge in [0.25, 0.3) is 0 Å². The molecule has 2 rings (SSSR count). The second-order valence-electron chi connectivity index (χ2n) is 3.98. The highest BCUT2D eigenvalue weighted by atomic mass is 79.9. The number of alkyl halides is 1. The predicted molar refractivity (Wildman–Crippen MR) is 62.8 cm³/mol. The van der Waals surface area contributed by atoms with Gasteiger partial charge in [0, 0.05) is 36.1 Å². The fourth-order valence-corrected chi connectivity index (χ4v) is 2.51. The van der Waals surface area contributed by atoms with E-state index in [-0.39, 0.29) is 17.2 Å². The Hall–Kier alpha value is -1.37. The number of rotatable bonds is 4. The number of hydrogen-bond donors (Lipinski definition) is 2. The molecular formula is C10H12BrN3O3. The van der Waals surface area contributed by atoms with Crippen LogP contribution < -0.4 is 0 Å². The van der Waals surface area contributed by atoms with Crippen molar-refractivity contribution in [3.63, 3.8) is 0 Å². The summed E-state index contributed by atoms with van der Waals surface area (Å²) in [7, 11) is 0. The third kappa shape index (κ3) is 2.66. The Morgan fingerprint density at radius 2 is 2.53 bits per heavy atom. The van der Waals surface area contributed by atoms with E-state index in [1.54, 1.807) is 6.20 Å². The summed E-state index contributed by atoms with van der Waals surface area (Å²) in [5.74, 6) is -1.12. The Bertz CT molecular complexity index is 420. The van der Waals surface area contributed by atoms with Crippen molar-refractivity contribution in [2.24, 2.45) is 0 Å². The fraction of sp³-hybridized carbons (Fsp3) is 0.500. The summed E-state index contributed by atoms with van der Waals surface area (Å²) >= 11 is 3.34. The lowest BCUT2D eigenvalue weighted by Gasteiger charge is -2.23. The van der Waals surface area contributed by atoms with Crippen LogP contribution in [0, 0.1) is 0 Å². The molecule has 2 heterocycles. The Morgan fingerprint density at radius 3 is 3.00 bits per heavy atom. The number of amides is 1. The molecule has 1 fully saturated rings. The number of carbonyl (C=O) groups is 2. The van der Waals surface area contributed by atoms with Crippen LogP contribution in [0.15, 0.2) is 12.5 Å². The van der Waals surface area contributed by atoms with Crippen LogP contribution in [-0.2, 0) is 16.0 Å². The molecule has 1 aromatic heterocycles. The average molecular weight is 302 g/mol. The molecular weight excluding hydrogens is 290 g/mol. The summed E-state index contributed by atoms with van der Waals surface area (Å²) in [6.07, 6.45) is 3.67. The third-order valence-electron chi connectivity index (χ3n) is 2.74. The highest BCUT2D eigenvalue weighted by Gasteiger charge is 2.36. The van der Waals surface area contributed by atoms with Crippen LogP contribution in [-0.4, -0.2) is 49.3 Å². The van der Waals surface area contributed by atoms with E-state index in [2.05, 4.69) is 25.9 Å². The Kier molecular flexibility index (Phi) is 3.46. The minimum absolute atomic E-state index is 0.0404. The smallest absolute Gasteiger partial charge is 0.326 e. The fourth-order valence-electron chi connectivity index (χ4n) is 1.92. The van der Waals surface area contributed by atoms with Crippen LogP contribution in [0.25, 0.3) is 0 Å². The summed E-state index contributed by atoms with van der Waals surface area (Å²) in [6.45, 7) is 0.434. The number of carboxylic acids is 1. The van der Waals surface area contributed by atoms with E-state index in [9.17, 15) is 14.7 Å². The monoisotopic (exact) mass is 301 g/mol. The number of imidazole rings is 1. The van der Waals surface area contributed by atoms with Gasteiger partial charge < -0.3 is 15.0 Å². The van der Waals surface area contributed by atoms with Crippen LogP contribution in [0.1, 0.15) is 12.1 Å². The van der Waals surface area contributed by atoms with Gasteiger partial charge in [-0.1, -0.05) is 15.9 Å². The van der Waals surface area contributed by atoms with Crippen molar-refractivity contribution in [1.82, 2.24) is 14.9 Å². The first-order valence-corrected chi connectivity index (χ1v) is 6.13. The molecule has 17 heavy (non-hydrogen) atoms. The zero-order valence-corrected chi connectivity index (χ0v) is 10.6. The molecule has 2 atom stereocenters. The molecule has 1 saturated heterocycles. The minimum atomic E-state index is -0.991. The minimum Gasteiger partial charge on any atom is -0.480 e. The molecule has 6 nitrogen and oxygen atoms in total. The quantitative estimate of drug-likeness (QED) is 0.788. The van der Waals surface area contributed by atoms with Crippen molar-refractivity contribution >= 4 is 27.8 Å². The number of nitrogens with one attached hydrogen (secondary N) is 1. The molecule has 1 unspecified atom stereocenters. The topological polar surface area (TPSA) is 86.3 Å². The van der Waals surface area contributed by atoms with E-state index < -0.39 is 12.0 Å². The Morgan fingerprint density at radius 1 is 1.76 bits per heavy atom. The van der Waals surface area contributed by atoms with E-state index in [1.807, 2.05) is 0 Å². The molecule has 1 aliphatic heterocycles. The standard InChI is InChI=1S/C10H12BrN3O3/c11-6-1-9(15)14(4-6)8(10(16)17)2-7-3-12-5-13-7/h3,5-6,8H,1-2,4H2,(H,12,13)(H,16,17)/t6?,8-/m0/s1. The van der Waals surface area contributed by atoms with Crippen LogP contribution in [0.5, 0.6) is 0 Å². The molecule has 0 radical (unpaired) electrons. The number of hydrogen-bond acceptors (Lipinski definition) is 3. The van der Waals surface area contributed by atoms with Crippen molar-refractivity contribution in [2.45, 2.75) is 23.7 Å². The summed E-state index contributed by atoms with van der Waals surface area (Å²) < 4.78 is 0. The van der Waals surface area contributed by atoms with Gasteiger partial charge in [-0.15, -0.1) is 0 Å². The number of aromatic amines is 1. The molecule has 1 aliphatic rings. The number of carboxylic acid groups (broad SMARTS) is 1. The molecule has 0 spiro atoms. The maximum absolute atomic E-state index is 11.7. The van der Waals surface area contributed by atoms with Crippen LogP contribution >= 0.6 is 15.9 Å². The maximum atomic E-state index is 11.7. The van der Waals surface area contributed by atoms with Crippen molar-refractivity contribution < 1.29 is 14.7 Å². The molecule has 7 heteroatoms. The van der Waals surface area contributed by atoms with Crippen molar-refractivity contribution in [2.75, 3.05) is 6.54 Å². The van der Waals surface area contributed by atoms with Gasteiger partial charge in [0.1, 0.15) is 6.04 Å². The van der Waals surface area contributed by atoms with E-state index >= 15 is 0 Å². The number of aliphatic carboxylic acids is 1. The SMILES string of the molecule is O=C(O)[C@H](Cc1cnc[nH]1)N1CC(Br)CC1=O. The Labute approximate surface area is 106 Å². The number of halogens is 1. The van der Waals surface area contributed by atoms with Crippen LogP contribution in [0.4, 0.5) is 0 Å². The molecule has 0 bridgehead atoms. The molecule has 0 aromatic carbocycles. The first kappa shape index (κ1) is 12.1. The lowest BCUT2D eigenvalue weighted by atomic mass is 10.1. The van der Waals surface area contributed by atoms with E-state index in [4.69, 9.17) is 0 Å². The summed E-state index contributed by atoms with van der Waals surface area (Å²) in [5, 5.41) is 9.19. The van der Waals surface area contributed by atoms with Gasteiger partial charge in [0.2, 0.25) is 5.91 Å². The molecule has 1 aromatic rings. The second-order valence-corrected chi connectivity index (χ2v) is 5.28. The number of H-pyrrole nitrogens is 1. The van der Waals surface area contributed by atoms with E-state index in [0.29, 0.717) is 18.7 Å². The van der Waals surface area contributed by atoms with Gasteiger partial charge in [0.05, 0.1) is 6.33 Å². The molecule has 0 aliphatic carbocycles. The van der Waals surface area contributed by atoms with Gasteiger partial charge in [-0.2, -0.15) is 0 Å². The van der Waals surface area contributed by atoms with Gasteiger partial charge >= 0.3 is 5.97 Å². The van der Waals surface area contributed by atoms with E-state index in [0.717, 1.165) is 0 Å². The maximum Gasteiger partial charge on any atom is 0.326 e. The first-order valence-electron chi connectivity index (χ1n) is 5.21. The van der Waals surface area contributed by atoms with Gasteiger partial charge in [0.15, 0.2) is 0 Å². The van der Waals surface area contributed by atoms with Crippen LogP contribution in [0.2, 0.25) is 0 Å². The largest absolute Gasteiger partial charge is 0.480 e. The normalized spacial score (nSPS) is 21.8. The zero-order valence-electron chi connectivity index (χ0n) is 8.97. The van der Waals surface area contributed by atoms with Gasteiger partial charge in [-0.3, -0.25) is 4.79 Å². The van der Waals surface area contributed by atoms with Crippen molar-refractivity contribution in [1.29, 1.82) is 0 Å². The Balaban J connectivity index is 2.12. The summed E-state index contributed by atoms with van der Waals surface area (Å²) in [5.41, 5.74) is 0.711. The van der Waals surface area contributed by atoms with E-state index in [1.165, 1.54) is 11.2 Å². The zero-order chi connectivity index (χ0) is 12.4. The highest BCUT2D eigenvalue weighted by Crippen LogP contribution is 2.22. The molecule has 2 N–H and O–H groups in total. The lowest BCUT2D eigenvalue weighted by Crippen LogP contribution is -2.43. The number of aromatic nitrogens is 2. The lowest BCUT2D eigenvalue weighted by molar-refractivity contribution is -0.148. The number of nitrogens with zero attached hydrogens (tertiary/aromatic N) is 2. The van der Waals surface area contributed by atoms with Crippen molar-refractivity contribution in [3.05, 3.63) is 18.2 Å². The molecule has 92 valence electrons. The predicted octanol–water partition coefficient (Wildman–Crippen LogP) is 0.401. The molecule has 0 saturated carbocycles. The number of likely N-dealkylation sites (tertiary alicyclic amines) is 1. The van der Waals surface area contributed by atoms with Crippen LogP contribution in [0.3, 0.4) is 0 Å². The third-order valence-corrected chi connectivity index (χ3v) is 3.35. The summed E-state index contributed by atoms with van der Waals surface area (Å²) in [6, 6.07) is -0.828.